The molecule has 0 bridgehead atoms. The fourth-order valence-electron chi connectivity index (χ4n) is 4.05. The maximum absolute atomic E-state index is 13.5. The van der Waals surface area contributed by atoms with Crippen molar-refractivity contribution < 1.29 is 9.53 Å². The van der Waals surface area contributed by atoms with Crippen molar-refractivity contribution in [2.24, 2.45) is 0 Å². The standard InChI is InChI=1S/C26H26N4O2/c1-15-5-10-19(11-6-15)30-25-24(17(3)29-30)20(14-21(27-25)18-8-9-18)26(31)28-22-13-16(2)7-12-23(22)32-4/h5-7,10-14,18H,8-9H2,1-4H3,(H,28,31). The van der Waals surface area contributed by atoms with Gasteiger partial charge in [0, 0.05) is 11.6 Å². The van der Waals surface area contributed by atoms with E-state index in [9.17, 15) is 4.79 Å². The van der Waals surface area contributed by atoms with Crippen LogP contribution < -0.4 is 10.1 Å². The predicted octanol–water partition coefficient (Wildman–Crippen LogP) is 5.48. The van der Waals surface area contributed by atoms with Gasteiger partial charge < -0.3 is 10.1 Å². The van der Waals surface area contributed by atoms with Gasteiger partial charge in [-0.15, -0.1) is 0 Å². The topological polar surface area (TPSA) is 69.0 Å². The molecule has 1 aliphatic carbocycles. The fraction of sp³-hybridized carbons (Fsp3) is 0.269. The summed E-state index contributed by atoms with van der Waals surface area (Å²) in [6, 6.07) is 15.9. The highest BCUT2D eigenvalue weighted by Crippen LogP contribution is 2.41. The summed E-state index contributed by atoms with van der Waals surface area (Å²) < 4.78 is 7.30. The summed E-state index contributed by atoms with van der Waals surface area (Å²) in [4.78, 5) is 18.5. The molecule has 2 aromatic carbocycles. The summed E-state index contributed by atoms with van der Waals surface area (Å²) in [7, 11) is 1.60. The predicted molar refractivity (Wildman–Crippen MR) is 126 cm³/mol. The molecule has 0 spiro atoms. The van der Waals surface area contributed by atoms with E-state index in [1.54, 1.807) is 7.11 Å². The molecule has 6 nitrogen and oxygen atoms in total. The fourth-order valence-corrected chi connectivity index (χ4v) is 4.05. The monoisotopic (exact) mass is 426 g/mol. The van der Waals surface area contributed by atoms with E-state index in [4.69, 9.17) is 14.8 Å². The third-order valence-corrected chi connectivity index (χ3v) is 5.95. The molecular formula is C26H26N4O2. The lowest BCUT2D eigenvalue weighted by atomic mass is 10.1. The Labute approximate surface area is 187 Å². The summed E-state index contributed by atoms with van der Waals surface area (Å²) in [5.74, 6) is 0.847. The smallest absolute Gasteiger partial charge is 0.256 e. The van der Waals surface area contributed by atoms with Crippen LogP contribution in [0.4, 0.5) is 5.69 Å². The van der Waals surface area contributed by atoms with E-state index in [2.05, 4.69) is 24.4 Å². The van der Waals surface area contributed by atoms with Crippen LogP contribution in [-0.2, 0) is 0 Å². The highest BCUT2D eigenvalue weighted by molar-refractivity contribution is 6.13. The Kier molecular flexibility index (Phi) is 4.93. The third-order valence-electron chi connectivity index (χ3n) is 5.95. The number of ether oxygens (including phenoxy) is 1. The van der Waals surface area contributed by atoms with Gasteiger partial charge >= 0.3 is 0 Å². The first-order valence-corrected chi connectivity index (χ1v) is 10.9. The molecule has 1 aliphatic rings. The van der Waals surface area contributed by atoms with E-state index in [-0.39, 0.29) is 5.91 Å². The first-order chi connectivity index (χ1) is 15.4. The van der Waals surface area contributed by atoms with Gasteiger partial charge in [0.25, 0.3) is 5.91 Å². The van der Waals surface area contributed by atoms with Crippen LogP contribution >= 0.6 is 0 Å². The number of aromatic nitrogens is 3. The van der Waals surface area contributed by atoms with E-state index in [0.29, 0.717) is 22.9 Å². The van der Waals surface area contributed by atoms with Gasteiger partial charge in [-0.05, 0) is 69.5 Å². The first-order valence-electron chi connectivity index (χ1n) is 10.9. The Bertz CT molecular complexity index is 1330. The lowest BCUT2D eigenvalue weighted by Crippen LogP contribution is -2.14. The maximum Gasteiger partial charge on any atom is 0.256 e. The lowest BCUT2D eigenvalue weighted by molar-refractivity contribution is 0.102. The van der Waals surface area contributed by atoms with E-state index in [1.807, 2.05) is 54.9 Å². The molecule has 32 heavy (non-hydrogen) atoms. The molecule has 5 rings (SSSR count). The summed E-state index contributed by atoms with van der Waals surface area (Å²) in [5.41, 5.74) is 6.85. The third kappa shape index (κ3) is 3.62. The van der Waals surface area contributed by atoms with Gasteiger partial charge in [0.05, 0.1) is 35.1 Å². The summed E-state index contributed by atoms with van der Waals surface area (Å²) in [6.07, 6.45) is 2.20. The number of pyridine rings is 1. The highest BCUT2D eigenvalue weighted by Gasteiger charge is 2.29. The molecule has 162 valence electrons. The van der Waals surface area contributed by atoms with Crippen LogP contribution in [-0.4, -0.2) is 27.8 Å². The van der Waals surface area contributed by atoms with Crippen molar-refractivity contribution >= 4 is 22.6 Å². The molecule has 0 saturated heterocycles. The van der Waals surface area contributed by atoms with Crippen LogP contribution in [0, 0.1) is 20.8 Å². The molecule has 2 heterocycles. The zero-order valence-corrected chi connectivity index (χ0v) is 18.8. The Hall–Kier alpha value is -3.67. The molecule has 6 heteroatoms. The van der Waals surface area contributed by atoms with Crippen molar-refractivity contribution in [1.82, 2.24) is 14.8 Å². The molecule has 1 saturated carbocycles. The number of carbonyl (C=O) groups is 1. The van der Waals surface area contributed by atoms with E-state index in [0.717, 1.165) is 46.5 Å². The Morgan fingerprint density at radius 3 is 2.44 bits per heavy atom. The number of aryl methyl sites for hydroxylation is 3. The minimum absolute atomic E-state index is 0.185. The Balaban J connectivity index is 1.65. The van der Waals surface area contributed by atoms with E-state index >= 15 is 0 Å². The number of anilines is 1. The number of amides is 1. The SMILES string of the molecule is COc1ccc(C)cc1NC(=O)c1cc(C2CC2)nc2c1c(C)nn2-c1ccc(C)cc1. The summed E-state index contributed by atoms with van der Waals surface area (Å²) in [6.45, 7) is 5.97. The van der Waals surface area contributed by atoms with Crippen LogP contribution in [0.2, 0.25) is 0 Å². The van der Waals surface area contributed by atoms with Gasteiger partial charge in [-0.1, -0.05) is 23.8 Å². The number of hydrogen-bond donors (Lipinski definition) is 1. The zero-order valence-electron chi connectivity index (χ0n) is 18.8. The van der Waals surface area contributed by atoms with Crippen molar-refractivity contribution in [3.63, 3.8) is 0 Å². The second kappa shape index (κ2) is 7.79. The molecule has 4 aromatic rings. The van der Waals surface area contributed by atoms with Crippen LogP contribution in [0.15, 0.2) is 48.5 Å². The quantitative estimate of drug-likeness (QED) is 0.459. The number of methoxy groups -OCH3 is 1. The number of hydrogen-bond acceptors (Lipinski definition) is 4. The van der Waals surface area contributed by atoms with E-state index < -0.39 is 0 Å². The van der Waals surface area contributed by atoms with Crippen molar-refractivity contribution in [1.29, 1.82) is 0 Å². The number of benzene rings is 2. The molecule has 0 aliphatic heterocycles. The highest BCUT2D eigenvalue weighted by atomic mass is 16.5. The second-order valence-electron chi connectivity index (χ2n) is 8.56. The van der Waals surface area contributed by atoms with Crippen LogP contribution in [0.5, 0.6) is 5.75 Å². The summed E-state index contributed by atoms with van der Waals surface area (Å²) in [5, 5.41) is 8.59. The van der Waals surface area contributed by atoms with E-state index in [1.165, 1.54) is 5.56 Å². The molecule has 1 amide bonds. The lowest BCUT2D eigenvalue weighted by Gasteiger charge is -2.13. The number of fused-ring (bicyclic) bond motifs is 1. The number of nitrogens with one attached hydrogen (secondary N) is 1. The van der Waals surface area contributed by atoms with Crippen LogP contribution in [0.3, 0.4) is 0 Å². The van der Waals surface area contributed by atoms with Crippen molar-refractivity contribution in [2.75, 3.05) is 12.4 Å². The average molecular weight is 427 g/mol. The molecule has 0 atom stereocenters. The van der Waals surface area contributed by atoms with Gasteiger partial charge in [-0.25, -0.2) is 9.67 Å². The number of nitrogens with zero attached hydrogens (tertiary/aromatic N) is 3. The number of carbonyl (C=O) groups excluding carboxylic acids is 1. The van der Waals surface area contributed by atoms with Crippen molar-refractivity contribution in [3.05, 3.63) is 76.6 Å². The average Bonchev–Trinajstić information content (AvgIpc) is 3.58. The maximum atomic E-state index is 13.5. The molecule has 1 fully saturated rings. The minimum atomic E-state index is -0.185. The normalized spacial score (nSPS) is 13.4. The Morgan fingerprint density at radius 2 is 1.75 bits per heavy atom. The first kappa shape index (κ1) is 20.2. The van der Waals surface area contributed by atoms with Gasteiger partial charge in [0.1, 0.15) is 5.75 Å². The zero-order chi connectivity index (χ0) is 22.4. The van der Waals surface area contributed by atoms with Crippen LogP contribution in [0.1, 0.15) is 51.6 Å². The molecular weight excluding hydrogens is 400 g/mol. The van der Waals surface area contributed by atoms with Gasteiger partial charge in [-0.2, -0.15) is 5.10 Å². The summed E-state index contributed by atoms with van der Waals surface area (Å²) >= 11 is 0. The Morgan fingerprint density at radius 1 is 1.03 bits per heavy atom. The number of rotatable bonds is 5. The molecule has 1 N–H and O–H groups in total. The van der Waals surface area contributed by atoms with Crippen molar-refractivity contribution in [2.45, 2.75) is 39.5 Å². The molecule has 0 unspecified atom stereocenters. The largest absolute Gasteiger partial charge is 0.495 e. The second-order valence-corrected chi connectivity index (χ2v) is 8.56. The van der Waals surface area contributed by atoms with Crippen LogP contribution in [0.25, 0.3) is 16.7 Å². The van der Waals surface area contributed by atoms with Gasteiger partial charge in [0.15, 0.2) is 5.65 Å². The molecule has 2 aromatic heterocycles. The van der Waals surface area contributed by atoms with Gasteiger partial charge in [0.2, 0.25) is 0 Å². The minimum Gasteiger partial charge on any atom is -0.495 e. The van der Waals surface area contributed by atoms with Crippen molar-refractivity contribution in [3.8, 4) is 11.4 Å². The molecule has 0 radical (unpaired) electrons. The van der Waals surface area contributed by atoms with Gasteiger partial charge in [-0.3, -0.25) is 4.79 Å².